The zero-order valence-electron chi connectivity index (χ0n) is 14.7. The van der Waals surface area contributed by atoms with Gasteiger partial charge in [-0.1, -0.05) is 39.3 Å². The van der Waals surface area contributed by atoms with Gasteiger partial charge in [-0.3, -0.25) is 9.69 Å². The minimum atomic E-state index is -3.68. The molecule has 0 aliphatic carbocycles. The van der Waals surface area contributed by atoms with Crippen LogP contribution in [0.3, 0.4) is 0 Å². The summed E-state index contributed by atoms with van der Waals surface area (Å²) in [6, 6.07) is 4.50. The first-order valence-electron chi connectivity index (χ1n) is 8.11. The van der Waals surface area contributed by atoms with Gasteiger partial charge in [0, 0.05) is 18.8 Å². The van der Waals surface area contributed by atoms with E-state index in [9.17, 15) is 13.2 Å². The van der Waals surface area contributed by atoms with E-state index in [4.69, 9.17) is 11.6 Å². The normalized spacial score (nSPS) is 12.0. The van der Waals surface area contributed by atoms with E-state index in [1.165, 1.54) is 16.4 Å². The number of anilines is 1. The fourth-order valence-electron chi connectivity index (χ4n) is 2.33. The summed E-state index contributed by atoms with van der Waals surface area (Å²) in [5.41, 5.74) is 0.419. The van der Waals surface area contributed by atoms with Gasteiger partial charge >= 0.3 is 0 Å². The van der Waals surface area contributed by atoms with Crippen LogP contribution in [0, 0.1) is 0 Å². The number of carbonyl (C=O) groups is 1. The summed E-state index contributed by atoms with van der Waals surface area (Å²) in [4.78, 5) is 14.1. The molecule has 1 rings (SSSR count). The lowest BCUT2D eigenvalue weighted by atomic mass is 10.3. The Morgan fingerprint density at radius 3 is 2.17 bits per heavy atom. The summed E-state index contributed by atoms with van der Waals surface area (Å²) >= 11 is 6.08. The number of benzene rings is 1. The first-order valence-corrected chi connectivity index (χ1v) is 9.93. The summed E-state index contributed by atoms with van der Waals surface area (Å²) in [6.45, 7) is 10.0. The third-order valence-electron chi connectivity index (χ3n) is 3.80. The van der Waals surface area contributed by atoms with Crippen molar-refractivity contribution in [3.05, 3.63) is 23.2 Å². The first kappa shape index (κ1) is 20.9. The van der Waals surface area contributed by atoms with Gasteiger partial charge in [0.25, 0.3) is 0 Å². The Labute approximate surface area is 149 Å². The van der Waals surface area contributed by atoms with Gasteiger partial charge < -0.3 is 5.32 Å². The second-order valence-corrected chi connectivity index (χ2v) is 7.56. The van der Waals surface area contributed by atoms with Gasteiger partial charge in [0.05, 0.1) is 11.6 Å². The standard InChI is InChI=1S/C16H26ClN3O3S/c1-5-19(6-2)12-16(21)18-13-9-10-14(17)15(11-13)24(22,23)20(7-3)8-4/h9-11H,5-8,12H2,1-4H3,(H,18,21). The minimum Gasteiger partial charge on any atom is -0.325 e. The summed E-state index contributed by atoms with van der Waals surface area (Å²) in [5, 5.41) is 2.88. The van der Waals surface area contributed by atoms with Crippen LogP contribution in [-0.4, -0.2) is 56.3 Å². The third-order valence-corrected chi connectivity index (χ3v) is 6.33. The lowest BCUT2D eigenvalue weighted by Gasteiger charge is -2.20. The number of likely N-dealkylation sites (N-methyl/N-ethyl adjacent to an activating group) is 1. The van der Waals surface area contributed by atoms with E-state index in [2.05, 4.69) is 5.32 Å². The first-order chi connectivity index (χ1) is 11.3. The molecule has 1 aromatic carbocycles. The molecular weight excluding hydrogens is 350 g/mol. The van der Waals surface area contributed by atoms with Crippen LogP contribution in [0.2, 0.25) is 5.02 Å². The lowest BCUT2D eigenvalue weighted by Crippen LogP contribution is -2.33. The molecule has 0 heterocycles. The highest BCUT2D eigenvalue weighted by Crippen LogP contribution is 2.27. The molecule has 0 bridgehead atoms. The Hall–Kier alpha value is -1.15. The number of carbonyl (C=O) groups excluding carboxylic acids is 1. The van der Waals surface area contributed by atoms with Crippen molar-refractivity contribution in [3.8, 4) is 0 Å². The van der Waals surface area contributed by atoms with Crippen LogP contribution in [0.15, 0.2) is 23.1 Å². The van der Waals surface area contributed by atoms with Gasteiger partial charge in [0.1, 0.15) is 4.90 Å². The van der Waals surface area contributed by atoms with Crippen LogP contribution >= 0.6 is 11.6 Å². The molecule has 6 nitrogen and oxygen atoms in total. The van der Waals surface area contributed by atoms with Crippen LogP contribution in [0.25, 0.3) is 0 Å². The molecule has 0 aliphatic heterocycles. The highest BCUT2D eigenvalue weighted by Gasteiger charge is 2.25. The van der Waals surface area contributed by atoms with E-state index < -0.39 is 10.0 Å². The van der Waals surface area contributed by atoms with Crippen molar-refractivity contribution in [2.45, 2.75) is 32.6 Å². The Bertz CT molecular complexity index is 657. The summed E-state index contributed by atoms with van der Waals surface area (Å²) in [5.74, 6) is -0.188. The number of rotatable bonds is 9. The van der Waals surface area contributed by atoms with Crippen molar-refractivity contribution >= 4 is 33.2 Å². The lowest BCUT2D eigenvalue weighted by molar-refractivity contribution is -0.117. The van der Waals surface area contributed by atoms with Crippen LogP contribution < -0.4 is 5.32 Å². The van der Waals surface area contributed by atoms with E-state index in [1.807, 2.05) is 18.7 Å². The maximum absolute atomic E-state index is 12.6. The molecule has 0 fully saturated rings. The minimum absolute atomic E-state index is 0.00788. The number of hydrogen-bond donors (Lipinski definition) is 1. The molecular formula is C16H26ClN3O3S. The molecule has 0 unspecified atom stereocenters. The molecule has 0 saturated carbocycles. The summed E-state index contributed by atoms with van der Waals surface area (Å²) in [7, 11) is -3.68. The Morgan fingerprint density at radius 1 is 1.08 bits per heavy atom. The molecule has 0 spiro atoms. The zero-order chi connectivity index (χ0) is 18.3. The van der Waals surface area contributed by atoms with Gasteiger partial charge in [-0.2, -0.15) is 4.31 Å². The third kappa shape index (κ3) is 5.17. The SMILES string of the molecule is CCN(CC)CC(=O)Nc1ccc(Cl)c(S(=O)(=O)N(CC)CC)c1. The largest absolute Gasteiger partial charge is 0.325 e. The highest BCUT2D eigenvalue weighted by atomic mass is 35.5. The van der Waals surface area contributed by atoms with Gasteiger partial charge in [-0.15, -0.1) is 0 Å². The number of sulfonamides is 1. The molecule has 0 atom stereocenters. The molecule has 136 valence electrons. The molecule has 1 amide bonds. The van der Waals surface area contributed by atoms with Crippen LogP contribution in [0.4, 0.5) is 5.69 Å². The van der Waals surface area contributed by atoms with Crippen LogP contribution in [0.1, 0.15) is 27.7 Å². The maximum Gasteiger partial charge on any atom is 0.244 e. The number of amides is 1. The van der Waals surface area contributed by atoms with Crippen molar-refractivity contribution in [1.29, 1.82) is 0 Å². The zero-order valence-corrected chi connectivity index (χ0v) is 16.2. The second kappa shape index (κ2) is 9.36. The fourth-order valence-corrected chi connectivity index (χ4v) is 4.29. The number of nitrogens with zero attached hydrogens (tertiary/aromatic N) is 2. The van der Waals surface area contributed by atoms with Crippen LogP contribution in [0.5, 0.6) is 0 Å². The number of nitrogens with one attached hydrogen (secondary N) is 1. The average molecular weight is 376 g/mol. The number of hydrogen-bond acceptors (Lipinski definition) is 4. The topological polar surface area (TPSA) is 69.7 Å². The van der Waals surface area contributed by atoms with Crippen molar-refractivity contribution in [2.75, 3.05) is 38.0 Å². The molecule has 24 heavy (non-hydrogen) atoms. The van der Waals surface area contributed by atoms with E-state index in [0.717, 1.165) is 13.1 Å². The Kier molecular flexibility index (Phi) is 8.15. The van der Waals surface area contributed by atoms with Gasteiger partial charge in [0.2, 0.25) is 15.9 Å². The molecule has 0 radical (unpaired) electrons. The predicted octanol–water partition coefficient (Wildman–Crippen LogP) is 2.65. The second-order valence-electron chi connectivity index (χ2n) is 5.24. The van der Waals surface area contributed by atoms with E-state index >= 15 is 0 Å². The van der Waals surface area contributed by atoms with Crippen LogP contribution in [-0.2, 0) is 14.8 Å². The fraction of sp³-hybridized carbons (Fsp3) is 0.562. The quantitative estimate of drug-likeness (QED) is 0.720. The molecule has 0 aliphatic rings. The Balaban J connectivity index is 3.04. The Morgan fingerprint density at radius 2 is 1.67 bits per heavy atom. The van der Waals surface area contributed by atoms with E-state index in [-0.39, 0.29) is 22.4 Å². The van der Waals surface area contributed by atoms with Gasteiger partial charge in [-0.05, 0) is 31.3 Å². The van der Waals surface area contributed by atoms with E-state index in [0.29, 0.717) is 18.8 Å². The average Bonchev–Trinajstić information content (AvgIpc) is 2.55. The van der Waals surface area contributed by atoms with Crippen molar-refractivity contribution in [2.24, 2.45) is 0 Å². The molecule has 0 aromatic heterocycles. The van der Waals surface area contributed by atoms with Gasteiger partial charge in [0.15, 0.2) is 0 Å². The molecule has 1 aromatic rings. The molecule has 0 saturated heterocycles. The van der Waals surface area contributed by atoms with Crippen molar-refractivity contribution < 1.29 is 13.2 Å². The monoisotopic (exact) mass is 375 g/mol. The predicted molar refractivity (Wildman–Crippen MR) is 98.0 cm³/mol. The van der Waals surface area contributed by atoms with E-state index in [1.54, 1.807) is 19.9 Å². The summed E-state index contributed by atoms with van der Waals surface area (Å²) in [6.07, 6.45) is 0. The molecule has 1 N–H and O–H groups in total. The molecule has 8 heteroatoms. The van der Waals surface area contributed by atoms with Gasteiger partial charge in [-0.25, -0.2) is 8.42 Å². The van der Waals surface area contributed by atoms with Crippen molar-refractivity contribution in [3.63, 3.8) is 0 Å². The number of halogens is 1. The summed E-state index contributed by atoms with van der Waals surface area (Å²) < 4.78 is 26.6. The smallest absolute Gasteiger partial charge is 0.244 e. The maximum atomic E-state index is 12.6. The van der Waals surface area contributed by atoms with Crippen molar-refractivity contribution in [1.82, 2.24) is 9.21 Å². The highest BCUT2D eigenvalue weighted by molar-refractivity contribution is 7.89.